The second-order valence-corrected chi connectivity index (χ2v) is 5.09. The summed E-state index contributed by atoms with van der Waals surface area (Å²) in [6.07, 6.45) is 0. The zero-order chi connectivity index (χ0) is 15.6. The Balaban J connectivity index is 2.59. The summed E-state index contributed by atoms with van der Waals surface area (Å²) in [5.74, 6) is -0.440. The molecule has 1 N–H and O–H groups in total. The number of methoxy groups -OCH3 is 1. The van der Waals surface area contributed by atoms with Crippen molar-refractivity contribution in [3.05, 3.63) is 64.2 Å². The maximum absolute atomic E-state index is 14.2. The van der Waals surface area contributed by atoms with E-state index in [1.54, 1.807) is 21.1 Å². The van der Waals surface area contributed by atoms with Crippen molar-refractivity contribution in [2.24, 2.45) is 0 Å². The highest BCUT2D eigenvalue weighted by atomic mass is 19.1. The van der Waals surface area contributed by atoms with Crippen molar-refractivity contribution in [1.29, 1.82) is 0 Å². The first kappa shape index (κ1) is 15.4. The third-order valence-corrected chi connectivity index (χ3v) is 3.57. The van der Waals surface area contributed by atoms with E-state index in [0.717, 1.165) is 17.2 Å². The zero-order valence-electron chi connectivity index (χ0n) is 12.6. The molecule has 2 nitrogen and oxygen atoms in total. The molecule has 0 saturated carbocycles. The molecular weight excluding hydrogens is 272 g/mol. The Hall–Kier alpha value is -1.94. The van der Waals surface area contributed by atoms with E-state index >= 15 is 0 Å². The maximum Gasteiger partial charge on any atom is 0.131 e. The van der Waals surface area contributed by atoms with Crippen LogP contribution >= 0.6 is 0 Å². The first-order valence-corrected chi connectivity index (χ1v) is 6.75. The average molecular weight is 291 g/mol. The predicted molar refractivity (Wildman–Crippen MR) is 79.7 cm³/mol. The van der Waals surface area contributed by atoms with Crippen LogP contribution in [0.4, 0.5) is 8.78 Å². The Morgan fingerprint density at radius 3 is 2.33 bits per heavy atom. The number of hydrogen-bond acceptors (Lipinski definition) is 2. The average Bonchev–Trinajstić information content (AvgIpc) is 2.45. The van der Waals surface area contributed by atoms with Crippen molar-refractivity contribution in [1.82, 2.24) is 5.32 Å². The van der Waals surface area contributed by atoms with Crippen LogP contribution in [0.3, 0.4) is 0 Å². The molecule has 0 radical (unpaired) electrons. The van der Waals surface area contributed by atoms with Crippen molar-refractivity contribution in [3.63, 3.8) is 0 Å². The fourth-order valence-corrected chi connectivity index (χ4v) is 2.46. The molecule has 0 heterocycles. The van der Waals surface area contributed by atoms with Crippen LogP contribution in [-0.2, 0) is 0 Å². The number of hydrogen-bond donors (Lipinski definition) is 1. The number of nitrogens with one attached hydrogen (secondary N) is 1. The van der Waals surface area contributed by atoms with Gasteiger partial charge in [0.25, 0.3) is 0 Å². The van der Waals surface area contributed by atoms with Gasteiger partial charge in [-0.05, 0) is 38.6 Å². The molecule has 0 aliphatic rings. The van der Waals surface area contributed by atoms with Gasteiger partial charge in [0.15, 0.2) is 0 Å². The second kappa shape index (κ2) is 6.22. The minimum Gasteiger partial charge on any atom is -0.496 e. The van der Waals surface area contributed by atoms with Crippen LogP contribution in [0, 0.1) is 25.5 Å². The van der Waals surface area contributed by atoms with Gasteiger partial charge in [-0.25, -0.2) is 8.78 Å². The highest BCUT2D eigenvalue weighted by Crippen LogP contribution is 2.32. The van der Waals surface area contributed by atoms with Crippen molar-refractivity contribution in [2.75, 3.05) is 14.2 Å². The van der Waals surface area contributed by atoms with Gasteiger partial charge in [0.05, 0.1) is 13.2 Å². The summed E-state index contributed by atoms with van der Waals surface area (Å²) in [6, 6.07) is 7.78. The minimum absolute atomic E-state index is 0.403. The van der Waals surface area contributed by atoms with Crippen LogP contribution in [0.5, 0.6) is 5.75 Å². The Bertz CT molecular complexity index is 655. The third-order valence-electron chi connectivity index (χ3n) is 3.57. The lowest BCUT2D eigenvalue weighted by molar-refractivity contribution is 0.404. The lowest BCUT2D eigenvalue weighted by atomic mass is 9.94. The quantitative estimate of drug-likeness (QED) is 0.922. The summed E-state index contributed by atoms with van der Waals surface area (Å²) in [5.41, 5.74) is 2.69. The molecule has 0 aliphatic heterocycles. The van der Waals surface area contributed by atoms with Crippen molar-refractivity contribution in [2.45, 2.75) is 19.9 Å². The Morgan fingerprint density at radius 1 is 1.00 bits per heavy atom. The van der Waals surface area contributed by atoms with Crippen LogP contribution < -0.4 is 10.1 Å². The Labute approximate surface area is 123 Å². The Kier molecular flexibility index (Phi) is 4.58. The number of halogens is 2. The predicted octanol–water partition coefficient (Wildman–Crippen LogP) is 3.90. The molecule has 4 heteroatoms. The molecule has 21 heavy (non-hydrogen) atoms. The summed E-state index contributed by atoms with van der Waals surface area (Å²) in [6.45, 7) is 3.58. The monoisotopic (exact) mass is 291 g/mol. The number of benzene rings is 2. The molecule has 0 aliphatic carbocycles. The molecular formula is C17H19F2NO. The zero-order valence-corrected chi connectivity index (χ0v) is 12.6. The summed E-state index contributed by atoms with van der Waals surface area (Å²) >= 11 is 0. The topological polar surface area (TPSA) is 21.3 Å². The second-order valence-electron chi connectivity index (χ2n) is 5.09. The van der Waals surface area contributed by atoms with Crippen LogP contribution in [0.2, 0.25) is 0 Å². The van der Waals surface area contributed by atoms with Gasteiger partial charge in [-0.1, -0.05) is 17.7 Å². The smallest absolute Gasteiger partial charge is 0.131 e. The van der Waals surface area contributed by atoms with E-state index in [0.29, 0.717) is 16.9 Å². The van der Waals surface area contributed by atoms with E-state index in [4.69, 9.17) is 4.74 Å². The molecule has 2 aromatic carbocycles. The van der Waals surface area contributed by atoms with Crippen molar-refractivity contribution < 1.29 is 13.5 Å². The fraction of sp³-hybridized carbons (Fsp3) is 0.294. The molecule has 112 valence electrons. The number of ether oxygens (including phenoxy) is 1. The van der Waals surface area contributed by atoms with E-state index in [1.807, 2.05) is 25.1 Å². The van der Waals surface area contributed by atoms with Crippen LogP contribution in [0.1, 0.15) is 28.3 Å². The lowest BCUT2D eigenvalue weighted by Crippen LogP contribution is -2.20. The van der Waals surface area contributed by atoms with E-state index in [9.17, 15) is 8.78 Å². The van der Waals surface area contributed by atoms with Crippen LogP contribution in [0.15, 0.2) is 30.3 Å². The SMILES string of the molecule is CNC(c1cc(C)c(F)cc1F)c1cc(C)ccc1OC. The minimum atomic E-state index is -0.569. The molecule has 0 fully saturated rings. The van der Waals surface area contributed by atoms with Gasteiger partial charge in [0.1, 0.15) is 17.4 Å². The first-order valence-electron chi connectivity index (χ1n) is 6.75. The molecule has 0 bridgehead atoms. The van der Waals surface area contributed by atoms with Gasteiger partial charge in [-0.15, -0.1) is 0 Å². The molecule has 1 unspecified atom stereocenters. The van der Waals surface area contributed by atoms with Gasteiger partial charge < -0.3 is 10.1 Å². The third kappa shape index (κ3) is 3.05. The highest BCUT2D eigenvalue weighted by Gasteiger charge is 2.21. The van der Waals surface area contributed by atoms with E-state index < -0.39 is 17.7 Å². The first-order chi connectivity index (χ1) is 9.97. The van der Waals surface area contributed by atoms with E-state index in [-0.39, 0.29) is 0 Å². The van der Waals surface area contributed by atoms with E-state index in [2.05, 4.69) is 5.32 Å². The number of aryl methyl sites for hydroxylation is 2. The number of rotatable bonds is 4. The van der Waals surface area contributed by atoms with Gasteiger partial charge >= 0.3 is 0 Å². The highest BCUT2D eigenvalue weighted by molar-refractivity contribution is 5.45. The van der Waals surface area contributed by atoms with Gasteiger partial charge in [-0.3, -0.25) is 0 Å². The maximum atomic E-state index is 14.2. The van der Waals surface area contributed by atoms with Gasteiger partial charge in [-0.2, -0.15) is 0 Å². The summed E-state index contributed by atoms with van der Waals surface area (Å²) in [4.78, 5) is 0. The molecule has 1 atom stereocenters. The fourth-order valence-electron chi connectivity index (χ4n) is 2.46. The summed E-state index contributed by atoms with van der Waals surface area (Å²) in [5, 5.41) is 3.08. The molecule has 0 amide bonds. The molecule has 0 saturated heterocycles. The van der Waals surface area contributed by atoms with Gasteiger partial charge in [0, 0.05) is 17.2 Å². The molecule has 2 aromatic rings. The Morgan fingerprint density at radius 2 is 1.71 bits per heavy atom. The summed E-state index contributed by atoms with van der Waals surface area (Å²) in [7, 11) is 3.32. The largest absolute Gasteiger partial charge is 0.496 e. The van der Waals surface area contributed by atoms with Gasteiger partial charge in [0.2, 0.25) is 0 Å². The van der Waals surface area contributed by atoms with Crippen LogP contribution in [0.25, 0.3) is 0 Å². The standard InChI is InChI=1S/C17H19F2NO/c1-10-5-6-16(21-4)13(7-10)17(20-3)12-8-11(2)14(18)9-15(12)19/h5-9,17,20H,1-4H3. The molecule has 0 aromatic heterocycles. The normalized spacial score (nSPS) is 12.3. The summed E-state index contributed by atoms with van der Waals surface area (Å²) < 4.78 is 33.0. The molecule has 2 rings (SSSR count). The van der Waals surface area contributed by atoms with Crippen LogP contribution in [-0.4, -0.2) is 14.2 Å². The van der Waals surface area contributed by atoms with Crippen molar-refractivity contribution >= 4 is 0 Å². The molecule has 0 spiro atoms. The van der Waals surface area contributed by atoms with E-state index in [1.165, 1.54) is 6.07 Å². The lowest BCUT2D eigenvalue weighted by Gasteiger charge is -2.21. The van der Waals surface area contributed by atoms with Crippen molar-refractivity contribution in [3.8, 4) is 5.75 Å².